The fraction of sp³-hybridized carbons (Fsp3) is 0. The van der Waals surface area contributed by atoms with Gasteiger partial charge in [-0.15, -0.1) is 0 Å². The van der Waals surface area contributed by atoms with Crippen LogP contribution in [0.5, 0.6) is 11.5 Å². The minimum Gasteiger partial charge on any atom is -0.455 e. The van der Waals surface area contributed by atoms with Crippen molar-refractivity contribution in [2.45, 2.75) is 0 Å². The van der Waals surface area contributed by atoms with Crippen molar-refractivity contribution in [3.63, 3.8) is 0 Å². The number of benzene rings is 1. The Kier molecular flexibility index (Phi) is 3.39. The molecule has 0 aliphatic rings. The standard InChI is InChI=1S/C12H10BrN3O/c13-8-3-1-4-9(7-8)17-10-5-2-6-16-11(10)12(14)15/h1-7H,(H3,14,15). The van der Waals surface area contributed by atoms with Crippen molar-refractivity contribution in [1.29, 1.82) is 5.41 Å². The number of nitrogen functional groups attached to an aromatic ring is 1. The Labute approximate surface area is 107 Å². The number of pyridine rings is 1. The normalized spacial score (nSPS) is 9.94. The van der Waals surface area contributed by atoms with Crippen molar-refractivity contribution in [2.24, 2.45) is 5.73 Å². The smallest absolute Gasteiger partial charge is 0.156 e. The molecule has 5 heteroatoms. The Morgan fingerprint density at radius 2 is 2.12 bits per heavy atom. The lowest BCUT2D eigenvalue weighted by Crippen LogP contribution is -2.14. The van der Waals surface area contributed by atoms with Gasteiger partial charge in [0.25, 0.3) is 0 Å². The third-order valence-corrected chi connectivity index (χ3v) is 2.54. The number of ether oxygens (including phenoxy) is 1. The molecule has 0 saturated carbocycles. The molecule has 0 unspecified atom stereocenters. The molecule has 3 N–H and O–H groups in total. The quantitative estimate of drug-likeness (QED) is 0.675. The predicted molar refractivity (Wildman–Crippen MR) is 69.5 cm³/mol. The van der Waals surface area contributed by atoms with E-state index >= 15 is 0 Å². The van der Waals surface area contributed by atoms with Gasteiger partial charge < -0.3 is 10.5 Å². The van der Waals surface area contributed by atoms with E-state index in [1.807, 2.05) is 24.3 Å². The minimum atomic E-state index is -0.115. The molecule has 0 bridgehead atoms. The fourth-order valence-corrected chi connectivity index (χ4v) is 1.71. The molecular weight excluding hydrogens is 282 g/mol. The average molecular weight is 292 g/mol. The number of nitrogens with two attached hydrogens (primary N) is 1. The molecule has 0 radical (unpaired) electrons. The molecule has 1 aromatic carbocycles. The second kappa shape index (κ2) is 4.97. The summed E-state index contributed by atoms with van der Waals surface area (Å²) in [5, 5.41) is 7.41. The summed E-state index contributed by atoms with van der Waals surface area (Å²) in [7, 11) is 0. The van der Waals surface area contributed by atoms with E-state index in [1.165, 1.54) is 0 Å². The molecular formula is C12H10BrN3O. The lowest BCUT2D eigenvalue weighted by Gasteiger charge is -2.09. The van der Waals surface area contributed by atoms with Crippen LogP contribution in [-0.2, 0) is 0 Å². The molecule has 2 rings (SSSR count). The van der Waals surface area contributed by atoms with Gasteiger partial charge in [0.15, 0.2) is 5.75 Å². The van der Waals surface area contributed by atoms with Crippen molar-refractivity contribution < 1.29 is 4.74 Å². The first-order valence-electron chi connectivity index (χ1n) is 4.89. The lowest BCUT2D eigenvalue weighted by molar-refractivity contribution is 0.478. The molecule has 0 atom stereocenters. The number of nitrogens with one attached hydrogen (secondary N) is 1. The molecule has 86 valence electrons. The molecule has 1 heterocycles. The zero-order chi connectivity index (χ0) is 12.3. The Bertz CT molecular complexity index is 557. The highest BCUT2D eigenvalue weighted by Crippen LogP contribution is 2.25. The largest absolute Gasteiger partial charge is 0.455 e. The number of amidine groups is 1. The van der Waals surface area contributed by atoms with Crippen LogP contribution in [0.25, 0.3) is 0 Å². The van der Waals surface area contributed by atoms with Gasteiger partial charge in [-0.2, -0.15) is 0 Å². The van der Waals surface area contributed by atoms with Crippen LogP contribution in [0.2, 0.25) is 0 Å². The minimum absolute atomic E-state index is 0.115. The second-order valence-corrected chi connectivity index (χ2v) is 4.24. The van der Waals surface area contributed by atoms with Crippen molar-refractivity contribution >= 4 is 21.8 Å². The summed E-state index contributed by atoms with van der Waals surface area (Å²) >= 11 is 3.36. The van der Waals surface area contributed by atoms with E-state index in [0.29, 0.717) is 17.2 Å². The van der Waals surface area contributed by atoms with Gasteiger partial charge in [-0.1, -0.05) is 22.0 Å². The maximum atomic E-state index is 7.41. The summed E-state index contributed by atoms with van der Waals surface area (Å²) in [6, 6.07) is 10.9. The summed E-state index contributed by atoms with van der Waals surface area (Å²) in [6.07, 6.45) is 1.57. The van der Waals surface area contributed by atoms with E-state index in [2.05, 4.69) is 20.9 Å². The zero-order valence-electron chi connectivity index (χ0n) is 8.85. The Morgan fingerprint density at radius 3 is 2.82 bits per heavy atom. The van der Waals surface area contributed by atoms with Crippen molar-refractivity contribution in [2.75, 3.05) is 0 Å². The third-order valence-electron chi connectivity index (χ3n) is 2.05. The molecule has 1 aromatic heterocycles. The van der Waals surface area contributed by atoms with E-state index in [4.69, 9.17) is 15.9 Å². The molecule has 4 nitrogen and oxygen atoms in total. The lowest BCUT2D eigenvalue weighted by atomic mass is 10.3. The van der Waals surface area contributed by atoms with Gasteiger partial charge in [-0.05, 0) is 30.3 Å². The number of aromatic nitrogens is 1. The highest BCUT2D eigenvalue weighted by atomic mass is 79.9. The van der Waals surface area contributed by atoms with E-state index in [1.54, 1.807) is 18.3 Å². The molecule has 0 aliphatic carbocycles. The number of hydrogen-bond acceptors (Lipinski definition) is 3. The summed E-state index contributed by atoms with van der Waals surface area (Å²) in [5.74, 6) is 1.02. The molecule has 0 spiro atoms. The maximum absolute atomic E-state index is 7.41. The summed E-state index contributed by atoms with van der Waals surface area (Å²) in [5.41, 5.74) is 5.77. The molecule has 0 saturated heterocycles. The van der Waals surface area contributed by atoms with Crippen LogP contribution in [0.4, 0.5) is 0 Å². The van der Waals surface area contributed by atoms with Gasteiger partial charge in [0.1, 0.15) is 17.3 Å². The van der Waals surface area contributed by atoms with Crippen LogP contribution < -0.4 is 10.5 Å². The van der Waals surface area contributed by atoms with Crippen molar-refractivity contribution in [3.05, 3.63) is 52.8 Å². The van der Waals surface area contributed by atoms with Crippen LogP contribution in [0.3, 0.4) is 0 Å². The Balaban J connectivity index is 2.33. The van der Waals surface area contributed by atoms with Crippen molar-refractivity contribution in [3.8, 4) is 11.5 Å². The predicted octanol–water partition coefficient (Wildman–Crippen LogP) is 2.92. The monoisotopic (exact) mass is 291 g/mol. The van der Waals surface area contributed by atoms with Gasteiger partial charge in [-0.3, -0.25) is 5.41 Å². The Morgan fingerprint density at radius 1 is 1.29 bits per heavy atom. The number of hydrogen-bond donors (Lipinski definition) is 2. The summed E-state index contributed by atoms with van der Waals surface area (Å²) < 4.78 is 6.56. The van der Waals surface area contributed by atoms with Crippen LogP contribution in [0.15, 0.2) is 47.1 Å². The zero-order valence-corrected chi connectivity index (χ0v) is 10.4. The first-order valence-corrected chi connectivity index (χ1v) is 5.69. The van der Waals surface area contributed by atoms with Gasteiger partial charge >= 0.3 is 0 Å². The highest BCUT2D eigenvalue weighted by Gasteiger charge is 2.08. The van der Waals surface area contributed by atoms with E-state index in [9.17, 15) is 0 Å². The highest BCUT2D eigenvalue weighted by molar-refractivity contribution is 9.10. The molecule has 0 aliphatic heterocycles. The summed E-state index contributed by atoms with van der Waals surface area (Å²) in [6.45, 7) is 0. The van der Waals surface area contributed by atoms with Crippen LogP contribution in [0.1, 0.15) is 5.69 Å². The molecule has 17 heavy (non-hydrogen) atoms. The average Bonchev–Trinajstić information content (AvgIpc) is 2.29. The van der Waals surface area contributed by atoms with Gasteiger partial charge in [0.2, 0.25) is 0 Å². The first-order chi connectivity index (χ1) is 8.16. The summed E-state index contributed by atoms with van der Waals surface area (Å²) in [4.78, 5) is 4.01. The van der Waals surface area contributed by atoms with Crippen LogP contribution in [-0.4, -0.2) is 10.8 Å². The van der Waals surface area contributed by atoms with Gasteiger partial charge in [0, 0.05) is 10.7 Å². The SMILES string of the molecule is N=C(N)c1ncccc1Oc1cccc(Br)c1. The number of nitrogens with zero attached hydrogens (tertiary/aromatic N) is 1. The first kappa shape index (κ1) is 11.6. The molecule has 2 aromatic rings. The fourth-order valence-electron chi connectivity index (χ4n) is 1.33. The van der Waals surface area contributed by atoms with Gasteiger partial charge in [-0.25, -0.2) is 4.98 Å². The number of rotatable bonds is 3. The van der Waals surface area contributed by atoms with Crippen LogP contribution >= 0.6 is 15.9 Å². The molecule has 0 fully saturated rings. The Hall–Kier alpha value is -1.88. The van der Waals surface area contributed by atoms with E-state index in [0.717, 1.165) is 4.47 Å². The maximum Gasteiger partial charge on any atom is 0.156 e. The van der Waals surface area contributed by atoms with Crippen molar-refractivity contribution in [1.82, 2.24) is 4.98 Å². The van der Waals surface area contributed by atoms with Crippen LogP contribution in [0, 0.1) is 5.41 Å². The van der Waals surface area contributed by atoms with E-state index < -0.39 is 0 Å². The van der Waals surface area contributed by atoms with Gasteiger partial charge in [0.05, 0.1) is 0 Å². The van der Waals surface area contributed by atoms with E-state index in [-0.39, 0.29) is 5.84 Å². The topological polar surface area (TPSA) is 72.0 Å². The third kappa shape index (κ3) is 2.82. The molecule has 0 amide bonds. The number of halogens is 1. The second-order valence-electron chi connectivity index (χ2n) is 3.32.